The van der Waals surface area contributed by atoms with E-state index >= 15 is 0 Å². The Morgan fingerprint density at radius 1 is 0.952 bits per heavy atom. The van der Waals surface area contributed by atoms with E-state index in [1.165, 1.54) is 0 Å². The van der Waals surface area contributed by atoms with Gasteiger partial charge in [0.05, 0.1) is 31.2 Å². The first-order chi connectivity index (χ1) is 10.2. The molecule has 0 saturated heterocycles. The Morgan fingerprint density at radius 2 is 1.52 bits per heavy atom. The summed E-state index contributed by atoms with van der Waals surface area (Å²) >= 11 is 3.74. The Bertz CT molecular complexity index is 559. The minimum atomic E-state index is -0.0146. The molecule has 21 heavy (non-hydrogen) atoms. The highest BCUT2D eigenvalue weighted by atomic mass is 79.9. The van der Waals surface area contributed by atoms with Gasteiger partial charge >= 0.3 is 0 Å². The third-order valence-corrected chi connectivity index (χ3v) is 4.19. The Labute approximate surface area is 134 Å². The summed E-state index contributed by atoms with van der Waals surface area (Å²) in [4.78, 5) is -0.0146. The van der Waals surface area contributed by atoms with Crippen LogP contribution in [0.15, 0.2) is 42.5 Å². The molecule has 3 nitrogen and oxygen atoms in total. The molecule has 0 saturated carbocycles. The number of alkyl halides is 1. The molecule has 0 aromatic heterocycles. The molecule has 0 bridgehead atoms. The topological polar surface area (TPSA) is 27.7 Å². The summed E-state index contributed by atoms with van der Waals surface area (Å²) in [5.74, 6) is 2.46. The Hall–Kier alpha value is -1.68. The Balaban J connectivity index is 2.37. The van der Waals surface area contributed by atoms with Crippen molar-refractivity contribution in [1.82, 2.24) is 0 Å². The van der Waals surface area contributed by atoms with E-state index in [0.29, 0.717) is 6.61 Å². The first kappa shape index (κ1) is 15.7. The predicted octanol–water partition coefficient (Wildman–Crippen LogP) is 4.59. The molecule has 0 aliphatic carbocycles. The summed E-state index contributed by atoms with van der Waals surface area (Å²) in [5.41, 5.74) is 2.09. The fourth-order valence-corrected chi connectivity index (χ4v) is 2.95. The normalized spacial score (nSPS) is 11.8. The smallest absolute Gasteiger partial charge is 0.127 e. The summed E-state index contributed by atoms with van der Waals surface area (Å²) in [5, 5.41) is 0. The Kier molecular flexibility index (Phi) is 5.51. The van der Waals surface area contributed by atoms with Crippen molar-refractivity contribution in [3.63, 3.8) is 0 Å². The molecule has 2 aromatic carbocycles. The summed E-state index contributed by atoms with van der Waals surface area (Å²) in [6, 6.07) is 13.8. The SMILES string of the molecule is CCOc1ccc(C(Br)c2c(OC)cccc2OC)cc1. The molecular weight excluding hydrogens is 332 g/mol. The van der Waals surface area contributed by atoms with Crippen LogP contribution >= 0.6 is 15.9 Å². The van der Waals surface area contributed by atoms with Crippen LogP contribution in [-0.2, 0) is 0 Å². The van der Waals surface area contributed by atoms with Crippen LogP contribution in [0.5, 0.6) is 17.2 Å². The number of rotatable bonds is 6. The average molecular weight is 351 g/mol. The molecule has 0 aliphatic heterocycles. The lowest BCUT2D eigenvalue weighted by Gasteiger charge is -2.18. The molecule has 2 rings (SSSR count). The van der Waals surface area contributed by atoms with Crippen LogP contribution in [0.1, 0.15) is 22.9 Å². The fourth-order valence-electron chi connectivity index (χ4n) is 2.20. The maximum absolute atomic E-state index is 5.47. The largest absolute Gasteiger partial charge is 0.496 e. The van der Waals surface area contributed by atoms with E-state index in [0.717, 1.165) is 28.4 Å². The molecule has 0 fully saturated rings. The van der Waals surface area contributed by atoms with Crippen LogP contribution in [0, 0.1) is 0 Å². The molecule has 0 spiro atoms. The average Bonchev–Trinajstić information content (AvgIpc) is 2.54. The predicted molar refractivity (Wildman–Crippen MR) is 87.9 cm³/mol. The molecule has 0 aliphatic rings. The van der Waals surface area contributed by atoms with E-state index in [2.05, 4.69) is 15.9 Å². The number of halogens is 1. The molecule has 4 heteroatoms. The maximum atomic E-state index is 5.47. The summed E-state index contributed by atoms with van der Waals surface area (Å²) in [7, 11) is 3.33. The highest BCUT2D eigenvalue weighted by Crippen LogP contribution is 2.42. The fraction of sp³-hybridized carbons (Fsp3) is 0.294. The van der Waals surface area contributed by atoms with Gasteiger partial charge in [0.15, 0.2) is 0 Å². The zero-order chi connectivity index (χ0) is 15.2. The number of ether oxygens (including phenoxy) is 3. The van der Waals surface area contributed by atoms with Crippen molar-refractivity contribution < 1.29 is 14.2 Å². The monoisotopic (exact) mass is 350 g/mol. The molecule has 0 N–H and O–H groups in total. The second-order valence-electron chi connectivity index (χ2n) is 4.44. The van der Waals surface area contributed by atoms with E-state index in [1.807, 2.05) is 49.4 Å². The lowest BCUT2D eigenvalue weighted by molar-refractivity contribution is 0.340. The lowest BCUT2D eigenvalue weighted by Crippen LogP contribution is -2.01. The number of methoxy groups -OCH3 is 2. The maximum Gasteiger partial charge on any atom is 0.127 e. The van der Waals surface area contributed by atoms with E-state index in [-0.39, 0.29) is 4.83 Å². The third kappa shape index (κ3) is 3.50. The van der Waals surface area contributed by atoms with Gasteiger partial charge in [0.1, 0.15) is 17.2 Å². The van der Waals surface area contributed by atoms with Crippen molar-refractivity contribution in [3.05, 3.63) is 53.6 Å². The standard InChI is InChI=1S/C17H19BrO3/c1-4-21-13-10-8-12(9-11-13)17(18)16-14(19-2)6-5-7-15(16)20-3/h5-11,17H,4H2,1-3H3. The molecular formula is C17H19BrO3. The van der Waals surface area contributed by atoms with Crippen molar-refractivity contribution in [2.24, 2.45) is 0 Å². The highest BCUT2D eigenvalue weighted by Gasteiger charge is 2.20. The first-order valence-corrected chi connectivity index (χ1v) is 7.70. The zero-order valence-electron chi connectivity index (χ0n) is 12.4. The molecule has 1 atom stereocenters. The zero-order valence-corrected chi connectivity index (χ0v) is 14.0. The third-order valence-electron chi connectivity index (χ3n) is 3.20. The van der Waals surface area contributed by atoms with Crippen LogP contribution in [-0.4, -0.2) is 20.8 Å². The minimum Gasteiger partial charge on any atom is -0.496 e. The van der Waals surface area contributed by atoms with Gasteiger partial charge in [-0.15, -0.1) is 0 Å². The lowest BCUT2D eigenvalue weighted by atomic mass is 10.0. The van der Waals surface area contributed by atoms with Crippen molar-refractivity contribution in [1.29, 1.82) is 0 Å². The summed E-state index contributed by atoms with van der Waals surface area (Å²) < 4.78 is 16.4. The van der Waals surface area contributed by atoms with Crippen LogP contribution in [0.3, 0.4) is 0 Å². The first-order valence-electron chi connectivity index (χ1n) is 6.79. The molecule has 1 unspecified atom stereocenters. The highest BCUT2D eigenvalue weighted by molar-refractivity contribution is 9.09. The summed E-state index contributed by atoms with van der Waals surface area (Å²) in [6.07, 6.45) is 0. The Morgan fingerprint density at radius 3 is 2.00 bits per heavy atom. The van der Waals surface area contributed by atoms with E-state index in [1.54, 1.807) is 14.2 Å². The molecule has 112 valence electrons. The molecule has 0 radical (unpaired) electrons. The number of hydrogen-bond donors (Lipinski definition) is 0. The van der Waals surface area contributed by atoms with Crippen molar-refractivity contribution in [2.45, 2.75) is 11.8 Å². The van der Waals surface area contributed by atoms with E-state index < -0.39 is 0 Å². The van der Waals surface area contributed by atoms with Gasteiger partial charge in [0, 0.05) is 0 Å². The van der Waals surface area contributed by atoms with Crippen LogP contribution < -0.4 is 14.2 Å². The summed E-state index contributed by atoms with van der Waals surface area (Å²) in [6.45, 7) is 2.64. The minimum absolute atomic E-state index is 0.0146. The van der Waals surface area contributed by atoms with E-state index in [4.69, 9.17) is 14.2 Å². The number of hydrogen-bond acceptors (Lipinski definition) is 3. The quantitative estimate of drug-likeness (QED) is 0.713. The van der Waals surface area contributed by atoms with Gasteiger partial charge in [-0.3, -0.25) is 0 Å². The van der Waals surface area contributed by atoms with E-state index in [9.17, 15) is 0 Å². The van der Waals surface area contributed by atoms with Crippen molar-refractivity contribution in [2.75, 3.05) is 20.8 Å². The van der Waals surface area contributed by atoms with Gasteiger partial charge in [-0.25, -0.2) is 0 Å². The number of benzene rings is 2. The van der Waals surface area contributed by atoms with Crippen LogP contribution in [0.4, 0.5) is 0 Å². The van der Waals surface area contributed by atoms with Gasteiger partial charge in [-0.05, 0) is 36.8 Å². The van der Waals surface area contributed by atoms with Gasteiger partial charge in [0.25, 0.3) is 0 Å². The second-order valence-corrected chi connectivity index (χ2v) is 5.36. The van der Waals surface area contributed by atoms with Crippen molar-refractivity contribution >= 4 is 15.9 Å². The molecule has 0 heterocycles. The second kappa shape index (κ2) is 7.36. The molecule has 2 aromatic rings. The van der Waals surface area contributed by atoms with Crippen LogP contribution in [0.2, 0.25) is 0 Å². The van der Waals surface area contributed by atoms with Crippen molar-refractivity contribution in [3.8, 4) is 17.2 Å². The van der Waals surface area contributed by atoms with Gasteiger partial charge in [-0.1, -0.05) is 34.1 Å². The van der Waals surface area contributed by atoms with Gasteiger partial charge in [-0.2, -0.15) is 0 Å². The molecule has 0 amide bonds. The van der Waals surface area contributed by atoms with Crippen LogP contribution in [0.25, 0.3) is 0 Å². The van der Waals surface area contributed by atoms with Gasteiger partial charge < -0.3 is 14.2 Å². The van der Waals surface area contributed by atoms with Gasteiger partial charge in [0.2, 0.25) is 0 Å².